The van der Waals surface area contributed by atoms with Crippen molar-refractivity contribution in [1.82, 2.24) is 4.31 Å². The van der Waals surface area contributed by atoms with Crippen molar-refractivity contribution >= 4 is 43.6 Å². The summed E-state index contributed by atoms with van der Waals surface area (Å²) in [6.45, 7) is 2.09. The molecule has 2 aromatic rings. The maximum atomic E-state index is 12.5. The minimum atomic E-state index is -3.72. The molecule has 7 nitrogen and oxygen atoms in total. The Hall–Kier alpha value is -2.10. The highest BCUT2D eigenvalue weighted by Gasteiger charge is 2.23. The molecule has 1 heterocycles. The maximum Gasteiger partial charge on any atom is 0.248 e. The molecule has 0 saturated carbocycles. The molecule has 0 atom stereocenters. The molecule has 0 unspecified atom stereocenters. The van der Waals surface area contributed by atoms with Gasteiger partial charge in [-0.15, -0.1) is 0 Å². The van der Waals surface area contributed by atoms with E-state index in [1.54, 1.807) is 25.1 Å². The van der Waals surface area contributed by atoms with Gasteiger partial charge >= 0.3 is 0 Å². The monoisotopic (exact) mass is 442 g/mol. The molecule has 0 aliphatic rings. The van der Waals surface area contributed by atoms with E-state index < -0.39 is 15.9 Å². The van der Waals surface area contributed by atoms with Crippen LogP contribution in [0.4, 0.5) is 5.69 Å². The van der Waals surface area contributed by atoms with Gasteiger partial charge in [-0.05, 0) is 59.3 Å². The fourth-order valence-electron chi connectivity index (χ4n) is 2.02. The number of nitrogens with zero attached hydrogens (tertiary/aromatic N) is 1. The molecular formula is C17H19BrN2O5S. The molecule has 0 fully saturated rings. The topological polar surface area (TPSA) is 88.8 Å². The van der Waals surface area contributed by atoms with Crippen molar-refractivity contribution in [2.24, 2.45) is 0 Å². The quantitative estimate of drug-likeness (QED) is 0.664. The zero-order chi connectivity index (χ0) is 19.3. The number of rotatable bonds is 7. The molecule has 0 spiro atoms. The van der Waals surface area contributed by atoms with Gasteiger partial charge in [0.1, 0.15) is 16.4 Å². The molecule has 2 rings (SSSR count). The van der Waals surface area contributed by atoms with Gasteiger partial charge < -0.3 is 14.5 Å². The average Bonchev–Trinajstić information content (AvgIpc) is 3.00. The van der Waals surface area contributed by atoms with Gasteiger partial charge in [0, 0.05) is 25.9 Å². The van der Waals surface area contributed by atoms with E-state index in [0.29, 0.717) is 22.7 Å². The standard InChI is InChI=1S/C17H19BrN2O5S/c1-4-24-14-8-5-12(11-15(14)26(22,23)20(2)3)19-17(21)10-7-13-6-9-16(18)25-13/h5-11H,4H2,1-3H3,(H,19,21). The van der Waals surface area contributed by atoms with Gasteiger partial charge in [-0.3, -0.25) is 4.79 Å². The smallest absolute Gasteiger partial charge is 0.248 e. The second kappa shape index (κ2) is 8.52. The highest BCUT2D eigenvalue weighted by molar-refractivity contribution is 9.10. The fraction of sp³-hybridized carbons (Fsp3) is 0.235. The van der Waals surface area contributed by atoms with Crippen LogP contribution < -0.4 is 10.1 Å². The highest BCUT2D eigenvalue weighted by Crippen LogP contribution is 2.29. The predicted molar refractivity (Wildman–Crippen MR) is 103 cm³/mol. The Morgan fingerprint density at radius 3 is 2.62 bits per heavy atom. The van der Waals surface area contributed by atoms with Crippen LogP contribution in [0.3, 0.4) is 0 Å². The van der Waals surface area contributed by atoms with Crippen molar-refractivity contribution in [1.29, 1.82) is 0 Å². The normalized spacial score (nSPS) is 11.9. The zero-order valence-electron chi connectivity index (χ0n) is 14.5. The molecule has 140 valence electrons. The van der Waals surface area contributed by atoms with Crippen LogP contribution in [0.2, 0.25) is 0 Å². The minimum Gasteiger partial charge on any atom is -0.492 e. The van der Waals surface area contributed by atoms with Crippen LogP contribution in [0.25, 0.3) is 6.08 Å². The lowest BCUT2D eigenvalue weighted by atomic mass is 10.3. The second-order valence-corrected chi connectivity index (χ2v) is 8.25. The van der Waals surface area contributed by atoms with Crippen molar-refractivity contribution in [2.75, 3.05) is 26.0 Å². The van der Waals surface area contributed by atoms with Crippen LogP contribution in [0.1, 0.15) is 12.7 Å². The van der Waals surface area contributed by atoms with Gasteiger partial charge in [-0.25, -0.2) is 12.7 Å². The number of carbonyl (C=O) groups excluding carboxylic acids is 1. The van der Waals surface area contributed by atoms with Gasteiger partial charge in [0.05, 0.1) is 6.61 Å². The van der Waals surface area contributed by atoms with Crippen LogP contribution in [0, 0.1) is 0 Å². The van der Waals surface area contributed by atoms with Crippen LogP contribution in [0.15, 0.2) is 50.4 Å². The third-order valence-corrected chi connectivity index (χ3v) is 5.53. The number of amides is 1. The number of anilines is 1. The first-order valence-corrected chi connectivity index (χ1v) is 9.91. The summed E-state index contributed by atoms with van der Waals surface area (Å²) in [6.07, 6.45) is 2.80. The molecule has 1 aromatic carbocycles. The Morgan fingerprint density at radius 1 is 1.31 bits per heavy atom. The SMILES string of the molecule is CCOc1ccc(NC(=O)C=Cc2ccc(Br)o2)cc1S(=O)(=O)N(C)C. The van der Waals surface area contributed by atoms with Crippen molar-refractivity contribution < 1.29 is 22.4 Å². The van der Waals surface area contributed by atoms with E-state index in [-0.39, 0.29) is 10.6 Å². The lowest BCUT2D eigenvalue weighted by Gasteiger charge is -2.16. The second-order valence-electron chi connectivity index (χ2n) is 5.35. The summed E-state index contributed by atoms with van der Waals surface area (Å²) >= 11 is 3.18. The summed E-state index contributed by atoms with van der Waals surface area (Å²) in [4.78, 5) is 12.0. The number of carbonyl (C=O) groups is 1. The Balaban J connectivity index is 2.24. The van der Waals surface area contributed by atoms with Gasteiger partial charge in [0.15, 0.2) is 4.67 Å². The van der Waals surface area contributed by atoms with Crippen LogP contribution >= 0.6 is 15.9 Å². The van der Waals surface area contributed by atoms with E-state index in [1.165, 1.54) is 38.4 Å². The fourth-order valence-corrected chi connectivity index (χ4v) is 3.39. The van der Waals surface area contributed by atoms with Crippen LogP contribution in [-0.4, -0.2) is 39.3 Å². The molecule has 0 aliphatic heterocycles. The van der Waals surface area contributed by atoms with E-state index in [2.05, 4.69) is 21.2 Å². The molecule has 0 saturated heterocycles. The number of nitrogens with one attached hydrogen (secondary N) is 1. The molecule has 26 heavy (non-hydrogen) atoms. The van der Waals surface area contributed by atoms with Gasteiger partial charge in [-0.2, -0.15) is 0 Å². The van der Waals surface area contributed by atoms with Crippen molar-refractivity contribution in [3.63, 3.8) is 0 Å². The molecule has 0 bridgehead atoms. The highest BCUT2D eigenvalue weighted by atomic mass is 79.9. The maximum absolute atomic E-state index is 12.5. The van der Waals surface area contributed by atoms with E-state index in [4.69, 9.17) is 9.15 Å². The number of sulfonamides is 1. The van der Waals surface area contributed by atoms with Crippen LogP contribution in [0.5, 0.6) is 5.75 Å². The lowest BCUT2D eigenvalue weighted by molar-refractivity contribution is -0.111. The van der Waals surface area contributed by atoms with Crippen molar-refractivity contribution in [2.45, 2.75) is 11.8 Å². The Kier molecular flexibility index (Phi) is 6.63. The number of halogens is 1. The van der Waals surface area contributed by atoms with Crippen LogP contribution in [-0.2, 0) is 14.8 Å². The molecule has 1 amide bonds. The van der Waals surface area contributed by atoms with E-state index in [0.717, 1.165) is 4.31 Å². The average molecular weight is 443 g/mol. The number of hydrogen-bond donors (Lipinski definition) is 1. The first-order valence-electron chi connectivity index (χ1n) is 7.68. The third-order valence-electron chi connectivity index (χ3n) is 3.26. The van der Waals surface area contributed by atoms with E-state index in [1.807, 2.05) is 0 Å². The summed E-state index contributed by atoms with van der Waals surface area (Å²) in [5, 5.41) is 2.62. The summed E-state index contributed by atoms with van der Waals surface area (Å²) in [5.41, 5.74) is 0.337. The minimum absolute atomic E-state index is 0.0129. The number of ether oxygens (including phenoxy) is 1. The van der Waals surface area contributed by atoms with E-state index >= 15 is 0 Å². The summed E-state index contributed by atoms with van der Waals surface area (Å²) in [7, 11) is -0.860. The summed E-state index contributed by atoms with van der Waals surface area (Å²) < 4.78 is 37.3. The largest absolute Gasteiger partial charge is 0.492 e. The van der Waals surface area contributed by atoms with Crippen molar-refractivity contribution in [3.05, 3.63) is 46.8 Å². The molecule has 0 radical (unpaired) electrons. The Bertz CT molecular complexity index is 919. The first kappa shape index (κ1) is 20.2. The Morgan fingerprint density at radius 2 is 2.04 bits per heavy atom. The van der Waals surface area contributed by atoms with Gasteiger partial charge in [0.25, 0.3) is 0 Å². The molecule has 1 aromatic heterocycles. The van der Waals surface area contributed by atoms with Gasteiger partial charge in [-0.1, -0.05) is 0 Å². The number of hydrogen-bond acceptors (Lipinski definition) is 5. The molecular weight excluding hydrogens is 424 g/mol. The molecule has 9 heteroatoms. The lowest BCUT2D eigenvalue weighted by Crippen LogP contribution is -2.23. The summed E-state index contributed by atoms with van der Waals surface area (Å²) in [6, 6.07) is 7.88. The summed E-state index contributed by atoms with van der Waals surface area (Å²) in [5.74, 6) is 0.319. The van der Waals surface area contributed by atoms with Crippen molar-refractivity contribution in [3.8, 4) is 5.75 Å². The zero-order valence-corrected chi connectivity index (χ0v) is 16.9. The Labute approximate surface area is 160 Å². The first-order chi connectivity index (χ1) is 12.2. The molecule has 1 N–H and O–H groups in total. The third kappa shape index (κ3) is 4.96. The molecule has 0 aliphatic carbocycles. The number of benzene rings is 1. The van der Waals surface area contributed by atoms with E-state index in [9.17, 15) is 13.2 Å². The predicted octanol–water partition coefficient (Wildman–Crippen LogP) is 3.34. The number of furan rings is 1. The van der Waals surface area contributed by atoms with Gasteiger partial charge in [0.2, 0.25) is 15.9 Å².